The molecule has 0 heterocycles. The summed E-state index contributed by atoms with van der Waals surface area (Å²) in [7, 11) is 0. The fraction of sp³-hybridized carbons (Fsp3) is 0.481. The number of carbonyl (C=O) groups excluding carboxylic acids is 1. The van der Waals surface area contributed by atoms with Gasteiger partial charge < -0.3 is 19.3 Å². The topological polar surface area (TPSA) is 85.3 Å². The summed E-state index contributed by atoms with van der Waals surface area (Å²) in [6.45, 7) is -3.49. The van der Waals surface area contributed by atoms with E-state index in [4.69, 9.17) is 14.6 Å². The van der Waals surface area contributed by atoms with Crippen molar-refractivity contribution in [3.05, 3.63) is 60.2 Å². The monoisotopic (exact) mass is 705 g/mol. The summed E-state index contributed by atoms with van der Waals surface area (Å²) in [5.74, 6) is -40.0. The maximum Gasteiger partial charge on any atom is 0.460 e. The van der Waals surface area contributed by atoms with Crippen molar-refractivity contribution in [3.63, 3.8) is 0 Å². The molecule has 0 aliphatic rings. The van der Waals surface area contributed by atoms with E-state index < -0.39 is 84.3 Å². The number of aliphatic carboxylic acids is 1. The number of rotatable bonds is 16. The van der Waals surface area contributed by atoms with Crippen LogP contribution in [0.5, 0.6) is 11.5 Å². The van der Waals surface area contributed by atoms with Crippen molar-refractivity contribution in [2.75, 3.05) is 26.3 Å². The molecule has 0 bridgehead atoms. The maximum atomic E-state index is 14.6. The van der Waals surface area contributed by atoms with Crippen molar-refractivity contribution in [2.24, 2.45) is 0 Å². The van der Waals surface area contributed by atoms with Gasteiger partial charge in [0, 0.05) is 13.0 Å². The summed E-state index contributed by atoms with van der Waals surface area (Å²) in [5.41, 5.74) is 0.405. The van der Waals surface area contributed by atoms with Crippen molar-refractivity contribution < 1.29 is 86.0 Å². The lowest BCUT2D eigenvalue weighted by molar-refractivity contribution is -0.440. The van der Waals surface area contributed by atoms with Gasteiger partial charge in [-0.2, -0.15) is 57.1 Å². The number of amides is 1. The molecule has 0 fully saturated rings. The van der Waals surface area contributed by atoms with Gasteiger partial charge in [-0.05, 0) is 36.8 Å². The number of carboxylic acids is 1. The van der Waals surface area contributed by atoms with Gasteiger partial charge in [0.1, 0.15) is 18.1 Å². The highest BCUT2D eigenvalue weighted by molar-refractivity contribution is 5.72. The molecule has 2 rings (SSSR count). The second-order valence-electron chi connectivity index (χ2n) is 9.58. The first-order chi connectivity index (χ1) is 21.4. The Hall–Kier alpha value is -3.97. The smallest absolute Gasteiger partial charge is 0.460 e. The van der Waals surface area contributed by atoms with Gasteiger partial charge in [0.2, 0.25) is 0 Å². The van der Waals surface area contributed by atoms with Crippen LogP contribution in [0.3, 0.4) is 0 Å². The van der Waals surface area contributed by atoms with Crippen LogP contribution in [0.15, 0.2) is 54.6 Å². The zero-order valence-corrected chi connectivity index (χ0v) is 23.7. The lowest BCUT2D eigenvalue weighted by Gasteiger charge is -2.40. The first kappa shape index (κ1) is 39.2. The number of ether oxygens (including phenoxy) is 3. The van der Waals surface area contributed by atoms with Crippen LogP contribution in [0.2, 0.25) is 0 Å². The van der Waals surface area contributed by atoms with Crippen LogP contribution >= 0.6 is 0 Å². The lowest BCUT2D eigenvalue weighted by Crippen LogP contribution is -2.71. The molecule has 1 N–H and O–H groups in total. The average Bonchev–Trinajstić information content (AvgIpc) is 2.96. The van der Waals surface area contributed by atoms with Crippen molar-refractivity contribution in [2.45, 2.75) is 55.2 Å². The SMILES string of the molecule is CCOC(Cc1ccc(OCCN(CC(F)(F)C(F)(F)C(F)(F)C(F)(F)C(F)(F)C(F)(F)F)C(=O)Oc2ccccc2)cc1)C(=O)O. The van der Waals surface area contributed by atoms with Crippen LogP contribution in [0.4, 0.5) is 61.9 Å². The van der Waals surface area contributed by atoms with E-state index in [2.05, 4.69) is 4.74 Å². The Bertz CT molecular complexity index is 1340. The number of hydrogen-bond acceptors (Lipinski definition) is 5. The van der Waals surface area contributed by atoms with E-state index in [1.165, 1.54) is 42.5 Å². The summed E-state index contributed by atoms with van der Waals surface area (Å²) in [5, 5.41) is 9.16. The molecular weight excluding hydrogens is 681 g/mol. The number of benzene rings is 2. The van der Waals surface area contributed by atoms with Gasteiger partial charge in [0.05, 0.1) is 13.1 Å². The molecular formula is C27H24F13NO6. The Morgan fingerprint density at radius 3 is 1.77 bits per heavy atom. The molecule has 1 unspecified atom stereocenters. The molecule has 2 aromatic rings. The van der Waals surface area contributed by atoms with Crippen LogP contribution < -0.4 is 9.47 Å². The van der Waals surface area contributed by atoms with E-state index in [1.54, 1.807) is 6.92 Å². The third-order valence-electron chi connectivity index (χ3n) is 6.21. The molecule has 0 spiro atoms. The molecule has 47 heavy (non-hydrogen) atoms. The Kier molecular flexibility index (Phi) is 12.0. The molecule has 264 valence electrons. The fourth-order valence-corrected chi connectivity index (χ4v) is 3.66. The summed E-state index contributed by atoms with van der Waals surface area (Å²) in [6.07, 6.45) is -10.9. The van der Waals surface area contributed by atoms with Gasteiger partial charge in [0.25, 0.3) is 0 Å². The number of carboxylic acid groups (broad SMARTS) is 1. The Balaban J connectivity index is 2.31. The molecule has 20 heteroatoms. The van der Waals surface area contributed by atoms with E-state index in [9.17, 15) is 66.7 Å². The number of para-hydroxylation sites is 1. The normalized spacial score (nSPS) is 14.0. The molecule has 2 aromatic carbocycles. The first-order valence-corrected chi connectivity index (χ1v) is 13.0. The number of hydrogen-bond donors (Lipinski definition) is 1. The molecule has 1 atom stereocenters. The quantitative estimate of drug-likeness (QED) is 0.184. The molecule has 0 saturated heterocycles. The molecule has 0 saturated carbocycles. The molecule has 0 aliphatic heterocycles. The van der Waals surface area contributed by atoms with Gasteiger partial charge in [-0.25, -0.2) is 9.59 Å². The van der Waals surface area contributed by atoms with Gasteiger partial charge in [-0.1, -0.05) is 30.3 Å². The zero-order valence-electron chi connectivity index (χ0n) is 23.7. The van der Waals surface area contributed by atoms with Crippen molar-refractivity contribution in [3.8, 4) is 11.5 Å². The maximum absolute atomic E-state index is 14.6. The van der Waals surface area contributed by atoms with Crippen LogP contribution in [-0.2, 0) is 16.0 Å². The lowest BCUT2D eigenvalue weighted by atomic mass is 9.93. The van der Waals surface area contributed by atoms with Crippen molar-refractivity contribution >= 4 is 12.1 Å². The summed E-state index contributed by atoms with van der Waals surface area (Å²) in [6, 6.07) is 11.0. The third-order valence-corrected chi connectivity index (χ3v) is 6.21. The van der Waals surface area contributed by atoms with Gasteiger partial charge in [-0.3, -0.25) is 4.90 Å². The average molecular weight is 705 g/mol. The Labute approximate surface area is 256 Å². The van der Waals surface area contributed by atoms with E-state index in [0.717, 1.165) is 12.1 Å². The second-order valence-corrected chi connectivity index (χ2v) is 9.58. The molecule has 0 aromatic heterocycles. The highest BCUT2D eigenvalue weighted by Gasteiger charge is 2.90. The zero-order chi connectivity index (χ0) is 36.1. The predicted molar refractivity (Wildman–Crippen MR) is 134 cm³/mol. The van der Waals surface area contributed by atoms with Crippen LogP contribution in [-0.4, -0.2) is 90.3 Å². The van der Waals surface area contributed by atoms with Crippen molar-refractivity contribution in [1.29, 1.82) is 0 Å². The van der Waals surface area contributed by atoms with Gasteiger partial charge >= 0.3 is 47.9 Å². The Morgan fingerprint density at radius 1 is 0.745 bits per heavy atom. The number of nitrogens with zero attached hydrogens (tertiary/aromatic N) is 1. The standard InChI is InChI=1S/C27H24F13NO6/c1-2-45-19(20(42)43)14-16-8-10-17(11-9-16)46-13-12-41(21(44)47-18-6-4-3-5-7-18)15-22(28,29)23(30,31)24(32,33)25(34,35)26(36,37)27(38,39)40/h3-11,19H,2,12-15H2,1H3,(H,42,43). The minimum atomic E-state index is -8.09. The third kappa shape index (κ3) is 8.50. The number of carbonyl (C=O) groups is 2. The van der Waals surface area contributed by atoms with E-state index in [0.29, 0.717) is 5.56 Å². The van der Waals surface area contributed by atoms with Crippen LogP contribution in [0.1, 0.15) is 12.5 Å². The largest absolute Gasteiger partial charge is 0.492 e. The van der Waals surface area contributed by atoms with E-state index in [-0.39, 0.29) is 18.8 Å². The predicted octanol–water partition coefficient (Wildman–Crippen LogP) is 7.34. The summed E-state index contributed by atoms with van der Waals surface area (Å²) >= 11 is 0. The highest BCUT2D eigenvalue weighted by atomic mass is 19.4. The Morgan fingerprint density at radius 2 is 1.28 bits per heavy atom. The van der Waals surface area contributed by atoms with Crippen LogP contribution in [0.25, 0.3) is 0 Å². The molecule has 1 amide bonds. The molecule has 7 nitrogen and oxygen atoms in total. The molecule has 0 aliphatic carbocycles. The minimum absolute atomic E-state index is 0.0758. The molecule has 0 radical (unpaired) electrons. The van der Waals surface area contributed by atoms with Gasteiger partial charge in [-0.15, -0.1) is 0 Å². The number of halogens is 13. The van der Waals surface area contributed by atoms with Gasteiger partial charge in [0.15, 0.2) is 6.10 Å². The minimum Gasteiger partial charge on any atom is -0.492 e. The fourth-order valence-electron chi connectivity index (χ4n) is 3.66. The van der Waals surface area contributed by atoms with E-state index >= 15 is 0 Å². The second kappa shape index (κ2) is 14.4. The van der Waals surface area contributed by atoms with Crippen molar-refractivity contribution in [1.82, 2.24) is 4.90 Å². The summed E-state index contributed by atoms with van der Waals surface area (Å²) < 4.78 is 192. The number of alkyl halides is 13. The summed E-state index contributed by atoms with van der Waals surface area (Å²) in [4.78, 5) is 23.3. The highest BCUT2D eigenvalue weighted by Crippen LogP contribution is 2.60. The van der Waals surface area contributed by atoms with E-state index in [1.807, 2.05) is 0 Å². The van der Waals surface area contributed by atoms with Crippen LogP contribution in [0, 0.1) is 0 Å². The first-order valence-electron chi connectivity index (χ1n) is 13.0.